The molecule has 1 heteroatoms. The van der Waals surface area contributed by atoms with Gasteiger partial charge in [0.15, 0.2) is 0 Å². The van der Waals surface area contributed by atoms with Crippen LogP contribution in [-0.2, 0) is 6.42 Å². The minimum Gasteiger partial charge on any atom is -0.385 e. The molecule has 1 saturated carbocycles. The van der Waals surface area contributed by atoms with E-state index in [9.17, 15) is 0 Å². The van der Waals surface area contributed by atoms with E-state index < -0.39 is 0 Å². The SMILES string of the molecule is CCCc1ccccc1NCC1CCCCC1. The summed E-state index contributed by atoms with van der Waals surface area (Å²) in [5.41, 5.74) is 2.84. The summed E-state index contributed by atoms with van der Waals surface area (Å²) in [6.45, 7) is 3.42. The van der Waals surface area contributed by atoms with E-state index in [1.54, 1.807) is 0 Å². The molecule has 0 bridgehead atoms. The van der Waals surface area contributed by atoms with E-state index in [0.29, 0.717) is 0 Å². The largest absolute Gasteiger partial charge is 0.385 e. The van der Waals surface area contributed by atoms with E-state index in [1.807, 2.05) is 0 Å². The molecule has 2 rings (SSSR count). The van der Waals surface area contributed by atoms with Crippen LogP contribution in [0.3, 0.4) is 0 Å². The second kappa shape index (κ2) is 6.68. The predicted molar refractivity (Wildman–Crippen MR) is 75.5 cm³/mol. The van der Waals surface area contributed by atoms with Gasteiger partial charge in [0.1, 0.15) is 0 Å². The molecular formula is C16H25N. The molecule has 0 aliphatic heterocycles. The number of aryl methyl sites for hydroxylation is 1. The highest BCUT2D eigenvalue weighted by atomic mass is 14.9. The maximum Gasteiger partial charge on any atom is 0.0372 e. The molecular weight excluding hydrogens is 206 g/mol. The molecule has 94 valence electrons. The van der Waals surface area contributed by atoms with Crippen LogP contribution in [0.4, 0.5) is 5.69 Å². The minimum atomic E-state index is 0.901. The second-order valence-electron chi connectivity index (χ2n) is 5.29. The van der Waals surface area contributed by atoms with E-state index in [-0.39, 0.29) is 0 Å². The molecule has 1 aromatic rings. The van der Waals surface area contributed by atoms with Crippen molar-refractivity contribution < 1.29 is 0 Å². The minimum absolute atomic E-state index is 0.901. The van der Waals surface area contributed by atoms with Gasteiger partial charge in [-0.15, -0.1) is 0 Å². The maximum absolute atomic E-state index is 3.67. The van der Waals surface area contributed by atoms with Crippen LogP contribution < -0.4 is 5.32 Å². The van der Waals surface area contributed by atoms with Gasteiger partial charge in [0, 0.05) is 12.2 Å². The Labute approximate surface area is 106 Å². The first-order valence-electron chi connectivity index (χ1n) is 7.22. The molecule has 0 aromatic heterocycles. The summed E-state index contributed by atoms with van der Waals surface area (Å²) in [4.78, 5) is 0. The van der Waals surface area contributed by atoms with Gasteiger partial charge in [0.25, 0.3) is 0 Å². The average Bonchev–Trinajstić information content (AvgIpc) is 2.39. The Morgan fingerprint density at radius 2 is 1.88 bits per heavy atom. The fourth-order valence-corrected chi connectivity index (χ4v) is 2.83. The Morgan fingerprint density at radius 3 is 2.65 bits per heavy atom. The van der Waals surface area contributed by atoms with E-state index >= 15 is 0 Å². The van der Waals surface area contributed by atoms with E-state index in [0.717, 1.165) is 5.92 Å². The summed E-state index contributed by atoms with van der Waals surface area (Å²) in [5, 5.41) is 3.67. The number of para-hydroxylation sites is 1. The van der Waals surface area contributed by atoms with Gasteiger partial charge in [-0.3, -0.25) is 0 Å². The number of benzene rings is 1. The molecule has 17 heavy (non-hydrogen) atoms. The Hall–Kier alpha value is -0.980. The zero-order valence-electron chi connectivity index (χ0n) is 11.0. The lowest BCUT2D eigenvalue weighted by Gasteiger charge is -2.23. The Morgan fingerprint density at radius 1 is 1.12 bits per heavy atom. The maximum atomic E-state index is 3.67. The average molecular weight is 231 g/mol. The van der Waals surface area contributed by atoms with Crippen molar-refractivity contribution in [3.05, 3.63) is 29.8 Å². The zero-order chi connectivity index (χ0) is 11.9. The molecule has 1 N–H and O–H groups in total. The molecule has 0 spiro atoms. The summed E-state index contributed by atoms with van der Waals surface area (Å²) >= 11 is 0. The second-order valence-corrected chi connectivity index (χ2v) is 5.29. The van der Waals surface area contributed by atoms with Crippen LogP contribution in [0.1, 0.15) is 51.0 Å². The van der Waals surface area contributed by atoms with E-state index in [1.165, 1.54) is 62.7 Å². The van der Waals surface area contributed by atoms with Crippen molar-refractivity contribution in [1.82, 2.24) is 0 Å². The highest BCUT2D eigenvalue weighted by molar-refractivity contribution is 5.51. The molecule has 1 fully saturated rings. The highest BCUT2D eigenvalue weighted by Crippen LogP contribution is 2.25. The summed E-state index contributed by atoms with van der Waals surface area (Å²) in [7, 11) is 0. The van der Waals surface area contributed by atoms with Gasteiger partial charge in [-0.1, -0.05) is 50.8 Å². The third-order valence-electron chi connectivity index (χ3n) is 3.84. The standard InChI is InChI=1S/C16H25N/c1-2-8-15-11-6-7-12-16(15)17-13-14-9-4-3-5-10-14/h6-7,11-12,14,17H,2-5,8-10,13H2,1H3. The Bertz CT molecular complexity index is 326. The number of hydrogen-bond acceptors (Lipinski definition) is 1. The lowest BCUT2D eigenvalue weighted by atomic mass is 9.89. The van der Waals surface area contributed by atoms with Crippen molar-refractivity contribution in [3.8, 4) is 0 Å². The lowest BCUT2D eigenvalue weighted by molar-refractivity contribution is 0.373. The van der Waals surface area contributed by atoms with Crippen LogP contribution in [0.5, 0.6) is 0 Å². The monoisotopic (exact) mass is 231 g/mol. The van der Waals surface area contributed by atoms with Crippen molar-refractivity contribution in [2.24, 2.45) is 5.92 Å². The quantitative estimate of drug-likeness (QED) is 0.779. The van der Waals surface area contributed by atoms with E-state index in [4.69, 9.17) is 0 Å². The molecule has 0 saturated heterocycles. The van der Waals surface area contributed by atoms with Gasteiger partial charge in [0.2, 0.25) is 0 Å². The number of hydrogen-bond donors (Lipinski definition) is 1. The Kier molecular flexibility index (Phi) is 4.90. The normalized spacial score (nSPS) is 17.0. The number of nitrogens with one attached hydrogen (secondary N) is 1. The molecule has 0 atom stereocenters. The molecule has 1 aromatic carbocycles. The van der Waals surface area contributed by atoms with Gasteiger partial charge in [0.05, 0.1) is 0 Å². The summed E-state index contributed by atoms with van der Waals surface area (Å²) in [6, 6.07) is 8.78. The first-order chi connectivity index (χ1) is 8.40. The number of anilines is 1. The molecule has 1 nitrogen and oxygen atoms in total. The van der Waals surface area contributed by atoms with Gasteiger partial charge in [-0.05, 0) is 36.8 Å². The summed E-state index contributed by atoms with van der Waals surface area (Å²) in [6.07, 6.45) is 9.57. The Balaban J connectivity index is 1.88. The van der Waals surface area contributed by atoms with Crippen molar-refractivity contribution in [1.29, 1.82) is 0 Å². The van der Waals surface area contributed by atoms with Crippen molar-refractivity contribution in [2.45, 2.75) is 51.9 Å². The first-order valence-corrected chi connectivity index (χ1v) is 7.22. The number of rotatable bonds is 5. The van der Waals surface area contributed by atoms with Crippen molar-refractivity contribution >= 4 is 5.69 Å². The summed E-state index contributed by atoms with van der Waals surface area (Å²) in [5.74, 6) is 0.901. The first kappa shape index (κ1) is 12.5. The summed E-state index contributed by atoms with van der Waals surface area (Å²) < 4.78 is 0. The zero-order valence-corrected chi connectivity index (χ0v) is 11.0. The highest BCUT2D eigenvalue weighted by Gasteiger charge is 2.13. The van der Waals surface area contributed by atoms with Gasteiger partial charge < -0.3 is 5.32 Å². The van der Waals surface area contributed by atoms with Crippen LogP contribution >= 0.6 is 0 Å². The third kappa shape index (κ3) is 3.76. The smallest absolute Gasteiger partial charge is 0.0372 e. The van der Waals surface area contributed by atoms with Crippen LogP contribution in [0.15, 0.2) is 24.3 Å². The van der Waals surface area contributed by atoms with Crippen LogP contribution in [0.2, 0.25) is 0 Å². The van der Waals surface area contributed by atoms with Crippen molar-refractivity contribution in [3.63, 3.8) is 0 Å². The van der Waals surface area contributed by atoms with Crippen LogP contribution in [0, 0.1) is 5.92 Å². The van der Waals surface area contributed by atoms with Crippen molar-refractivity contribution in [2.75, 3.05) is 11.9 Å². The van der Waals surface area contributed by atoms with Crippen LogP contribution in [0.25, 0.3) is 0 Å². The molecule has 1 aliphatic carbocycles. The van der Waals surface area contributed by atoms with Gasteiger partial charge >= 0.3 is 0 Å². The molecule has 0 radical (unpaired) electrons. The third-order valence-corrected chi connectivity index (χ3v) is 3.84. The van der Waals surface area contributed by atoms with E-state index in [2.05, 4.69) is 36.5 Å². The molecule has 0 heterocycles. The molecule has 0 unspecified atom stereocenters. The van der Waals surface area contributed by atoms with Crippen LogP contribution in [-0.4, -0.2) is 6.54 Å². The fraction of sp³-hybridized carbons (Fsp3) is 0.625. The molecule has 1 aliphatic rings. The fourth-order valence-electron chi connectivity index (χ4n) is 2.83. The predicted octanol–water partition coefficient (Wildman–Crippen LogP) is 4.63. The van der Waals surface area contributed by atoms with Gasteiger partial charge in [-0.25, -0.2) is 0 Å². The molecule has 0 amide bonds. The topological polar surface area (TPSA) is 12.0 Å². The van der Waals surface area contributed by atoms with Gasteiger partial charge in [-0.2, -0.15) is 0 Å². The lowest BCUT2D eigenvalue weighted by Crippen LogP contribution is -2.17.